The average Bonchev–Trinajstić information content (AvgIpc) is 3.27. The van der Waals surface area contributed by atoms with E-state index in [2.05, 4.69) is 41.0 Å². The van der Waals surface area contributed by atoms with Crippen molar-refractivity contribution >= 4 is 17.6 Å². The maximum absolute atomic E-state index is 11.3. The van der Waals surface area contributed by atoms with Crippen LogP contribution < -0.4 is 56.5 Å². The van der Waals surface area contributed by atoms with Gasteiger partial charge in [-0.05, 0) is 61.5 Å². The van der Waals surface area contributed by atoms with Crippen molar-refractivity contribution in [1.29, 1.82) is 0 Å². The molecule has 8 heteroatoms. The monoisotopic (exact) mass is 505 g/mol. The van der Waals surface area contributed by atoms with Crippen LogP contribution in [0, 0.1) is 11.3 Å². The number of halogens is 1. The van der Waals surface area contributed by atoms with Crippen molar-refractivity contribution in [3.63, 3.8) is 0 Å². The summed E-state index contributed by atoms with van der Waals surface area (Å²) in [6.45, 7) is 8.39. The number of hydrogen-bond donors (Lipinski definition) is 0. The summed E-state index contributed by atoms with van der Waals surface area (Å²) in [5.41, 5.74) is 3.24. The molecule has 0 unspecified atom stereocenters. The minimum Gasteiger partial charge on any atom is -0.550 e. The Bertz CT molecular complexity index is 1120. The van der Waals surface area contributed by atoms with Gasteiger partial charge in [-0.2, -0.15) is 4.98 Å². The number of aliphatic carboxylic acids is 1. The molecule has 1 aliphatic rings. The summed E-state index contributed by atoms with van der Waals surface area (Å²) in [5, 5.41) is 16.2. The van der Waals surface area contributed by atoms with Gasteiger partial charge in [0, 0.05) is 34.1 Å². The Morgan fingerprint density at radius 3 is 2.38 bits per heavy atom. The normalized spacial score (nSPS) is 15.8. The number of piperidine rings is 1. The van der Waals surface area contributed by atoms with E-state index in [-0.39, 0.29) is 51.4 Å². The maximum atomic E-state index is 11.3. The second-order valence-electron chi connectivity index (χ2n) is 9.65. The molecule has 2 aromatic carbocycles. The van der Waals surface area contributed by atoms with Crippen molar-refractivity contribution in [3.05, 3.63) is 58.6 Å². The molecule has 6 nitrogen and oxygen atoms in total. The van der Waals surface area contributed by atoms with Crippen LogP contribution in [-0.4, -0.2) is 34.1 Å². The first kappa shape index (κ1) is 27.5. The number of rotatable bonds is 7. The second-order valence-corrected chi connectivity index (χ2v) is 10.1. The number of nitrogens with zero attached hydrogens (tertiary/aromatic N) is 3. The van der Waals surface area contributed by atoms with Crippen molar-refractivity contribution < 1.29 is 65.8 Å². The number of benzene rings is 2. The Hall–Kier alpha value is -1.06. The van der Waals surface area contributed by atoms with Gasteiger partial charge in [0.25, 0.3) is 5.89 Å². The Kier molecular flexibility index (Phi) is 9.54. The number of hydrogen-bond acceptors (Lipinski definition) is 6. The first-order valence-electron chi connectivity index (χ1n) is 11.4. The molecule has 0 spiro atoms. The molecule has 1 saturated heterocycles. The molecule has 1 aliphatic heterocycles. The Morgan fingerprint density at radius 2 is 1.79 bits per heavy atom. The van der Waals surface area contributed by atoms with Crippen LogP contribution in [0.15, 0.2) is 47.0 Å². The van der Waals surface area contributed by atoms with Crippen molar-refractivity contribution in [2.75, 3.05) is 13.1 Å². The molecule has 2 heterocycles. The fourth-order valence-corrected chi connectivity index (χ4v) is 4.43. The Morgan fingerprint density at radius 1 is 1.15 bits per heavy atom. The minimum atomic E-state index is -0.945. The zero-order chi connectivity index (χ0) is 23.6. The fraction of sp³-hybridized carbons (Fsp3) is 0.423. The largest absolute Gasteiger partial charge is 1.00 e. The molecule has 0 N–H and O–H groups in total. The third-order valence-electron chi connectivity index (χ3n) is 6.42. The van der Waals surface area contributed by atoms with Crippen LogP contribution in [0.3, 0.4) is 0 Å². The van der Waals surface area contributed by atoms with E-state index in [1.165, 1.54) is 0 Å². The molecule has 3 aromatic rings. The average molecular weight is 506 g/mol. The van der Waals surface area contributed by atoms with Crippen molar-refractivity contribution in [2.24, 2.45) is 11.3 Å². The number of carboxylic acids is 1. The molecule has 1 aromatic heterocycles. The van der Waals surface area contributed by atoms with Gasteiger partial charge in [-0.15, -0.1) is 0 Å². The van der Waals surface area contributed by atoms with E-state index >= 15 is 0 Å². The van der Waals surface area contributed by atoms with Crippen LogP contribution in [0.5, 0.6) is 0 Å². The summed E-state index contributed by atoms with van der Waals surface area (Å²) >= 11 is 6.45. The molecular formula is C26H29ClKN3O3. The summed E-state index contributed by atoms with van der Waals surface area (Å²) in [7, 11) is 0. The molecule has 174 valence electrons. The standard InChI is InChI=1S/C26H30ClN3O3.K/c1-17(2)14-20-8-9-21(15-22(20)27)24-28-23(29-33-24)19-6-4-18(5-7-19)16-30-12-10-26(3,11-13-30)25(31)32;/h4-9,15,17H,10-14,16H2,1-3H3,(H,31,32);/q;+1/p-1. The summed E-state index contributed by atoms with van der Waals surface area (Å²) in [6.07, 6.45) is 2.15. The van der Waals surface area contributed by atoms with Crippen molar-refractivity contribution in [3.8, 4) is 22.8 Å². The van der Waals surface area contributed by atoms with E-state index in [0.717, 1.165) is 48.3 Å². The number of likely N-dealkylation sites (tertiary alicyclic amines) is 1. The maximum Gasteiger partial charge on any atom is 1.00 e. The van der Waals surface area contributed by atoms with Gasteiger partial charge in [-0.1, -0.05) is 67.9 Å². The smallest absolute Gasteiger partial charge is 0.550 e. The zero-order valence-electron chi connectivity index (χ0n) is 20.3. The van der Waals surface area contributed by atoms with Gasteiger partial charge in [0.05, 0.1) is 0 Å². The molecule has 0 aliphatic carbocycles. The van der Waals surface area contributed by atoms with Gasteiger partial charge in [-0.25, -0.2) is 0 Å². The first-order valence-corrected chi connectivity index (χ1v) is 11.8. The van der Waals surface area contributed by atoms with Crippen molar-refractivity contribution in [2.45, 2.75) is 46.6 Å². The number of aromatic nitrogens is 2. The quantitative estimate of drug-likeness (QED) is 0.454. The number of carbonyl (C=O) groups is 1. The predicted molar refractivity (Wildman–Crippen MR) is 126 cm³/mol. The van der Waals surface area contributed by atoms with Gasteiger partial charge in [0.15, 0.2) is 0 Å². The molecule has 1 fully saturated rings. The van der Waals surface area contributed by atoms with Gasteiger partial charge in [0.2, 0.25) is 5.82 Å². The molecule has 0 amide bonds. The Balaban J connectivity index is 0.00000324. The summed E-state index contributed by atoms with van der Waals surface area (Å²) in [6, 6.07) is 13.9. The van der Waals surface area contributed by atoms with E-state index in [1.807, 2.05) is 30.3 Å². The predicted octanol–water partition coefficient (Wildman–Crippen LogP) is 1.61. The summed E-state index contributed by atoms with van der Waals surface area (Å²) < 4.78 is 5.49. The molecule has 4 rings (SSSR count). The van der Waals surface area contributed by atoms with E-state index in [4.69, 9.17) is 16.1 Å². The minimum absolute atomic E-state index is 0. The van der Waals surface area contributed by atoms with Gasteiger partial charge >= 0.3 is 51.4 Å². The van der Waals surface area contributed by atoms with E-state index in [0.29, 0.717) is 35.5 Å². The van der Waals surface area contributed by atoms with E-state index in [1.54, 1.807) is 6.92 Å². The second kappa shape index (κ2) is 11.8. The number of carboxylic acid groups (broad SMARTS) is 1. The van der Waals surface area contributed by atoms with Gasteiger partial charge in [-0.3, -0.25) is 4.90 Å². The molecule has 0 radical (unpaired) electrons. The van der Waals surface area contributed by atoms with Crippen molar-refractivity contribution in [1.82, 2.24) is 15.0 Å². The molecule has 0 atom stereocenters. The number of carbonyl (C=O) groups excluding carboxylic acids is 1. The van der Waals surface area contributed by atoms with Crippen LogP contribution in [0.2, 0.25) is 5.02 Å². The zero-order valence-corrected chi connectivity index (χ0v) is 24.2. The van der Waals surface area contributed by atoms with Crippen LogP contribution in [0.25, 0.3) is 22.8 Å². The SMILES string of the molecule is CC(C)Cc1ccc(-c2nc(-c3ccc(CN4CCC(C)(C(=O)[O-])CC4)cc3)no2)cc1Cl.[K+]. The Labute approximate surface area is 248 Å². The molecule has 0 bridgehead atoms. The molecular weight excluding hydrogens is 477 g/mol. The van der Waals surface area contributed by atoms with Crippen LogP contribution >= 0.6 is 11.6 Å². The van der Waals surface area contributed by atoms with Gasteiger partial charge in [0.1, 0.15) is 0 Å². The molecule has 34 heavy (non-hydrogen) atoms. The topological polar surface area (TPSA) is 82.3 Å². The summed E-state index contributed by atoms with van der Waals surface area (Å²) in [4.78, 5) is 18.1. The third-order valence-corrected chi connectivity index (χ3v) is 6.78. The first-order chi connectivity index (χ1) is 15.7. The van der Waals surface area contributed by atoms with E-state index in [9.17, 15) is 9.90 Å². The van der Waals surface area contributed by atoms with E-state index < -0.39 is 11.4 Å². The van der Waals surface area contributed by atoms with Crippen LogP contribution in [0.4, 0.5) is 0 Å². The summed E-state index contributed by atoms with van der Waals surface area (Å²) in [5.74, 6) is 0.557. The van der Waals surface area contributed by atoms with Crippen LogP contribution in [0.1, 0.15) is 44.7 Å². The van der Waals surface area contributed by atoms with Gasteiger partial charge < -0.3 is 14.4 Å². The fourth-order valence-electron chi connectivity index (χ4n) is 4.17. The third kappa shape index (κ3) is 6.57. The van der Waals surface area contributed by atoms with Crippen LogP contribution in [-0.2, 0) is 17.8 Å². The molecule has 0 saturated carbocycles.